The minimum atomic E-state index is -1.39. The lowest BCUT2D eigenvalue weighted by Gasteiger charge is -2.15. The van der Waals surface area contributed by atoms with Crippen molar-refractivity contribution >= 4 is 34.4 Å². The van der Waals surface area contributed by atoms with Gasteiger partial charge in [0, 0.05) is 17.7 Å². The van der Waals surface area contributed by atoms with E-state index in [2.05, 4.69) is 20.6 Å². The number of carbonyl (C=O) groups is 2. The average molecular weight is 498 g/mol. The first-order chi connectivity index (χ1) is 16.7. The van der Waals surface area contributed by atoms with Gasteiger partial charge in [-0.25, -0.2) is 14.2 Å². The Hall–Kier alpha value is -4.19. The molecule has 1 fully saturated rings. The predicted molar refractivity (Wildman–Crippen MR) is 129 cm³/mol. The lowest BCUT2D eigenvalue weighted by molar-refractivity contribution is -0.122. The number of aliphatic imine (C=N–C) groups is 1. The maximum absolute atomic E-state index is 14.6. The van der Waals surface area contributed by atoms with Gasteiger partial charge in [-0.05, 0) is 25.1 Å². The number of nitrogens with one attached hydrogen (secondary N) is 4. The number of anilines is 1. The molecule has 4 rings (SSSR count). The Morgan fingerprint density at radius 2 is 1.86 bits per heavy atom. The molecule has 1 aromatic heterocycles. The zero-order chi connectivity index (χ0) is 25.1. The highest BCUT2D eigenvalue weighted by Gasteiger charge is 2.34. The summed E-state index contributed by atoms with van der Waals surface area (Å²) in [6.07, 6.45) is -0.155. The number of aromatic amines is 2. The van der Waals surface area contributed by atoms with Gasteiger partial charge in [0.1, 0.15) is 22.7 Å². The van der Waals surface area contributed by atoms with Crippen LogP contribution in [0.15, 0.2) is 63.1 Å². The van der Waals surface area contributed by atoms with Crippen molar-refractivity contribution in [3.05, 3.63) is 91.9 Å². The smallest absolute Gasteiger partial charge is 0.328 e. The fourth-order valence-electron chi connectivity index (χ4n) is 3.46. The van der Waals surface area contributed by atoms with Gasteiger partial charge in [-0.1, -0.05) is 47.7 Å². The van der Waals surface area contributed by atoms with Crippen LogP contribution in [0.1, 0.15) is 29.2 Å². The van der Waals surface area contributed by atoms with Crippen molar-refractivity contribution in [2.45, 2.75) is 24.6 Å². The third-order valence-electron chi connectivity index (χ3n) is 5.16. The third kappa shape index (κ3) is 5.49. The third-order valence-corrected chi connectivity index (χ3v) is 6.26. The minimum Gasteiger partial charge on any atom is -0.494 e. The van der Waals surface area contributed by atoms with E-state index in [1.807, 2.05) is 24.0 Å². The number of aryl methyl sites for hydroxylation is 1. The highest BCUT2D eigenvalue weighted by molar-refractivity contribution is 8.15. The number of carbonyl (C=O) groups excluding carboxylic acids is 2. The second-order valence-corrected chi connectivity index (χ2v) is 8.93. The van der Waals surface area contributed by atoms with Crippen LogP contribution in [-0.2, 0) is 9.59 Å². The van der Waals surface area contributed by atoms with E-state index >= 15 is 0 Å². The summed E-state index contributed by atoms with van der Waals surface area (Å²) in [5.41, 5.74) is -0.760. The number of aromatic nitrogens is 2. The summed E-state index contributed by atoms with van der Waals surface area (Å²) in [7, 11) is 0. The predicted octanol–water partition coefficient (Wildman–Crippen LogP) is 1.92. The standard InChI is InChI=1S/C23H20FN5O5S/c1-11-6-8-12(9-7-11)25-16(30)10-15-19(31)29-23(35-15)26-18(13-4-2-3-5-14(13)24)17-20(32)27-22(34)28-21(17)33/h2-9,15,18H,10H2,1H3,(H,25,30)(H,26,29,31)(H3,27,28,32,33,34). The zero-order valence-electron chi connectivity index (χ0n) is 18.3. The van der Waals surface area contributed by atoms with E-state index < -0.39 is 45.7 Å². The second-order valence-electron chi connectivity index (χ2n) is 7.74. The molecular weight excluding hydrogens is 477 g/mol. The van der Waals surface area contributed by atoms with Gasteiger partial charge in [0.25, 0.3) is 5.56 Å². The van der Waals surface area contributed by atoms with Crippen LogP contribution >= 0.6 is 11.8 Å². The van der Waals surface area contributed by atoms with Crippen LogP contribution in [0.25, 0.3) is 0 Å². The van der Waals surface area contributed by atoms with E-state index in [4.69, 9.17) is 0 Å². The Kier molecular flexibility index (Phi) is 6.82. The van der Waals surface area contributed by atoms with Crippen LogP contribution in [0, 0.1) is 12.7 Å². The zero-order valence-corrected chi connectivity index (χ0v) is 19.1. The number of thioether (sulfide) groups is 1. The molecule has 1 saturated heterocycles. The number of amides is 2. The summed E-state index contributed by atoms with van der Waals surface area (Å²) >= 11 is 0.939. The number of halogens is 1. The van der Waals surface area contributed by atoms with Gasteiger partial charge in [0.2, 0.25) is 17.7 Å². The maximum Gasteiger partial charge on any atom is 0.328 e. The molecule has 1 aliphatic heterocycles. The van der Waals surface area contributed by atoms with Crippen LogP contribution in [0.4, 0.5) is 10.1 Å². The van der Waals surface area contributed by atoms with E-state index in [1.54, 1.807) is 12.1 Å². The largest absolute Gasteiger partial charge is 0.494 e. The number of aromatic hydroxyl groups is 1. The van der Waals surface area contributed by atoms with Crippen LogP contribution in [0.5, 0.6) is 5.88 Å². The second kappa shape index (κ2) is 9.97. The molecule has 0 bridgehead atoms. The first-order valence-corrected chi connectivity index (χ1v) is 11.3. The van der Waals surface area contributed by atoms with E-state index in [1.165, 1.54) is 18.2 Å². The summed E-state index contributed by atoms with van der Waals surface area (Å²) in [6, 6.07) is 11.3. The van der Waals surface area contributed by atoms with Gasteiger partial charge < -0.3 is 15.7 Å². The van der Waals surface area contributed by atoms with E-state index in [0.29, 0.717) is 5.69 Å². The lowest BCUT2D eigenvalue weighted by atomic mass is 10.0. The molecule has 2 heterocycles. The van der Waals surface area contributed by atoms with Crippen LogP contribution in [-0.4, -0.2) is 37.3 Å². The average Bonchev–Trinajstić information content (AvgIpc) is 3.13. The number of amidine groups is 1. The van der Waals surface area contributed by atoms with Crippen molar-refractivity contribution in [3.8, 4) is 5.88 Å². The van der Waals surface area contributed by atoms with Crippen molar-refractivity contribution in [2.24, 2.45) is 4.99 Å². The van der Waals surface area contributed by atoms with Crippen molar-refractivity contribution in [1.29, 1.82) is 0 Å². The van der Waals surface area contributed by atoms with Gasteiger partial charge in [-0.3, -0.25) is 24.4 Å². The SMILES string of the molecule is Cc1ccc(NC(=O)CC2SC(=NC(c3ccccc3F)c3c(O)[nH]c(=O)[nH]c3=O)NC2=O)cc1. The Balaban J connectivity index is 1.60. The fourth-order valence-corrected chi connectivity index (χ4v) is 4.46. The number of H-pyrrole nitrogens is 2. The molecule has 180 valence electrons. The van der Waals surface area contributed by atoms with E-state index in [-0.39, 0.29) is 23.1 Å². The van der Waals surface area contributed by atoms with Crippen molar-refractivity contribution < 1.29 is 19.1 Å². The summed E-state index contributed by atoms with van der Waals surface area (Å²) in [6.45, 7) is 1.92. The number of benzene rings is 2. The molecule has 12 heteroatoms. The van der Waals surface area contributed by atoms with Gasteiger partial charge in [-0.2, -0.15) is 0 Å². The number of hydrogen-bond acceptors (Lipinski definition) is 7. The van der Waals surface area contributed by atoms with Crippen LogP contribution in [0.2, 0.25) is 0 Å². The summed E-state index contributed by atoms with van der Waals surface area (Å²) in [4.78, 5) is 57.2. The Labute approximate surface area is 201 Å². The topological polar surface area (TPSA) is 157 Å². The number of hydrogen-bond donors (Lipinski definition) is 5. The van der Waals surface area contributed by atoms with Crippen molar-refractivity contribution in [3.63, 3.8) is 0 Å². The Morgan fingerprint density at radius 3 is 2.54 bits per heavy atom. The summed E-state index contributed by atoms with van der Waals surface area (Å²) in [5, 5.41) is 14.7. The van der Waals surface area contributed by atoms with Gasteiger partial charge >= 0.3 is 5.69 Å². The molecule has 0 radical (unpaired) electrons. The molecule has 0 aliphatic carbocycles. The lowest BCUT2D eigenvalue weighted by Crippen LogP contribution is -2.29. The molecule has 2 aromatic carbocycles. The maximum atomic E-state index is 14.6. The minimum absolute atomic E-state index is 0.0291. The molecule has 35 heavy (non-hydrogen) atoms. The monoisotopic (exact) mass is 497 g/mol. The molecule has 2 atom stereocenters. The summed E-state index contributed by atoms with van der Waals surface area (Å²) < 4.78 is 14.6. The van der Waals surface area contributed by atoms with Crippen molar-refractivity contribution in [2.75, 3.05) is 5.32 Å². The van der Waals surface area contributed by atoms with Crippen LogP contribution < -0.4 is 21.9 Å². The Bertz CT molecular complexity index is 1430. The Morgan fingerprint density at radius 1 is 1.14 bits per heavy atom. The number of rotatable bonds is 6. The molecule has 0 saturated carbocycles. The highest BCUT2D eigenvalue weighted by Crippen LogP contribution is 2.32. The molecule has 2 amide bonds. The quantitative estimate of drug-likeness (QED) is 0.350. The molecule has 5 N–H and O–H groups in total. The van der Waals surface area contributed by atoms with Gasteiger partial charge in [0.15, 0.2) is 5.17 Å². The van der Waals surface area contributed by atoms with Crippen LogP contribution in [0.3, 0.4) is 0 Å². The van der Waals surface area contributed by atoms with Gasteiger partial charge in [0.05, 0.1) is 0 Å². The van der Waals surface area contributed by atoms with Crippen molar-refractivity contribution in [1.82, 2.24) is 15.3 Å². The first-order valence-electron chi connectivity index (χ1n) is 10.4. The normalized spacial score (nSPS) is 17.3. The molecular formula is C23H20FN5O5S. The molecule has 1 aliphatic rings. The molecule has 2 unspecified atom stereocenters. The van der Waals surface area contributed by atoms with Gasteiger partial charge in [-0.15, -0.1) is 0 Å². The first kappa shape index (κ1) is 24.0. The van der Waals surface area contributed by atoms with E-state index in [0.717, 1.165) is 23.4 Å². The highest BCUT2D eigenvalue weighted by atomic mass is 32.2. The number of nitrogens with zero attached hydrogens (tertiary/aromatic N) is 1. The molecule has 0 spiro atoms. The molecule has 3 aromatic rings. The summed E-state index contributed by atoms with van der Waals surface area (Å²) in [5.74, 6) is -2.36. The van der Waals surface area contributed by atoms with E-state index in [9.17, 15) is 28.7 Å². The fraction of sp³-hybridized carbons (Fsp3) is 0.174. The molecule has 10 nitrogen and oxygen atoms in total.